The quantitative estimate of drug-likeness (QED) is 0.688. The Morgan fingerprint density at radius 2 is 2.32 bits per heavy atom. The topological polar surface area (TPSA) is 89.3 Å². The fourth-order valence-electron chi connectivity index (χ4n) is 2.18. The third-order valence-electron chi connectivity index (χ3n) is 3.41. The highest BCUT2D eigenvalue weighted by Gasteiger charge is 2.15. The Morgan fingerprint density at radius 3 is 3.00 bits per heavy atom. The fraction of sp³-hybridized carbons (Fsp3) is 0.188. The van der Waals surface area contributed by atoms with Gasteiger partial charge in [0.2, 0.25) is 0 Å². The molecule has 0 aliphatic rings. The zero-order valence-electron chi connectivity index (χ0n) is 13.2. The van der Waals surface area contributed by atoms with Gasteiger partial charge in [-0.3, -0.25) is 4.79 Å². The van der Waals surface area contributed by atoms with Crippen molar-refractivity contribution in [2.24, 2.45) is 0 Å². The van der Waals surface area contributed by atoms with Gasteiger partial charge < -0.3 is 15.2 Å². The summed E-state index contributed by atoms with van der Waals surface area (Å²) in [4.78, 5) is 13.1. The Morgan fingerprint density at radius 1 is 1.48 bits per heavy atom. The molecule has 0 bridgehead atoms. The third-order valence-corrected chi connectivity index (χ3v) is 4.68. The van der Waals surface area contributed by atoms with Crippen molar-refractivity contribution in [2.75, 3.05) is 12.4 Å². The summed E-state index contributed by atoms with van der Waals surface area (Å²) in [5, 5.41) is 22.8. The molecule has 130 valence electrons. The van der Waals surface area contributed by atoms with Gasteiger partial charge in [0, 0.05) is 10.6 Å². The number of ether oxygens (including phenoxy) is 1. The molecule has 0 aliphatic heterocycles. The summed E-state index contributed by atoms with van der Waals surface area (Å²) in [7, 11) is 1.52. The highest BCUT2D eigenvalue weighted by molar-refractivity contribution is 7.10. The Labute approximate surface area is 152 Å². The molecule has 0 spiro atoms. The van der Waals surface area contributed by atoms with E-state index in [0.717, 1.165) is 4.88 Å². The Bertz CT molecular complexity index is 866. The molecular weight excluding hydrogens is 364 g/mol. The Kier molecular flexibility index (Phi) is 5.32. The maximum absolute atomic E-state index is 12.2. The van der Waals surface area contributed by atoms with E-state index >= 15 is 0 Å². The number of anilines is 1. The molecule has 0 saturated heterocycles. The summed E-state index contributed by atoms with van der Waals surface area (Å²) in [6.45, 7) is 0.217. The van der Waals surface area contributed by atoms with E-state index in [-0.39, 0.29) is 12.2 Å². The lowest BCUT2D eigenvalue weighted by molar-refractivity contribution is 0.102. The smallest absolute Gasteiger partial charge is 0.277 e. The van der Waals surface area contributed by atoms with Crippen LogP contribution in [0.4, 0.5) is 5.69 Å². The minimum Gasteiger partial charge on any atom is -0.495 e. The number of benzene rings is 1. The number of nitrogens with one attached hydrogen (secondary N) is 1. The van der Waals surface area contributed by atoms with Gasteiger partial charge in [0.15, 0.2) is 5.69 Å². The average molecular weight is 379 g/mol. The number of rotatable bonds is 6. The summed E-state index contributed by atoms with van der Waals surface area (Å²) in [5.74, 6) is 0.103. The molecule has 1 amide bonds. The number of aliphatic hydroxyl groups is 1. The molecule has 25 heavy (non-hydrogen) atoms. The molecule has 3 aromatic rings. The fourth-order valence-corrected chi connectivity index (χ4v) is 3.14. The second-order valence-electron chi connectivity index (χ2n) is 5.16. The van der Waals surface area contributed by atoms with Crippen molar-refractivity contribution in [3.05, 3.63) is 57.5 Å². The minimum atomic E-state index is -0.696. The van der Waals surface area contributed by atoms with Crippen LogP contribution in [0, 0.1) is 0 Å². The zero-order valence-corrected chi connectivity index (χ0v) is 14.8. The van der Waals surface area contributed by atoms with E-state index in [9.17, 15) is 9.90 Å². The van der Waals surface area contributed by atoms with Gasteiger partial charge in [0.25, 0.3) is 5.91 Å². The first-order chi connectivity index (χ1) is 12.1. The van der Waals surface area contributed by atoms with Crippen LogP contribution in [0.25, 0.3) is 0 Å². The molecular formula is C16H15ClN4O3S. The highest BCUT2D eigenvalue weighted by Crippen LogP contribution is 2.27. The number of nitrogens with zero attached hydrogens (tertiary/aromatic N) is 3. The van der Waals surface area contributed by atoms with E-state index in [1.165, 1.54) is 29.3 Å². The summed E-state index contributed by atoms with van der Waals surface area (Å²) in [5.41, 5.74) is 0.661. The van der Waals surface area contributed by atoms with Crippen LogP contribution in [0.3, 0.4) is 0 Å². The number of hydrogen-bond donors (Lipinski definition) is 2. The van der Waals surface area contributed by atoms with E-state index < -0.39 is 12.0 Å². The van der Waals surface area contributed by atoms with Crippen molar-refractivity contribution >= 4 is 34.5 Å². The SMILES string of the molecule is COc1ccc(NC(=O)c2cn(CC(O)c3cccs3)nn2)cc1Cl. The van der Waals surface area contributed by atoms with Crippen LogP contribution in [0.2, 0.25) is 5.02 Å². The van der Waals surface area contributed by atoms with Gasteiger partial charge in [-0.15, -0.1) is 16.4 Å². The van der Waals surface area contributed by atoms with Crippen LogP contribution in [0.1, 0.15) is 21.5 Å². The minimum absolute atomic E-state index is 0.144. The maximum atomic E-state index is 12.2. The van der Waals surface area contributed by atoms with E-state index in [2.05, 4.69) is 15.6 Å². The lowest BCUT2D eigenvalue weighted by Crippen LogP contribution is -2.12. The lowest BCUT2D eigenvalue weighted by atomic mass is 10.3. The van der Waals surface area contributed by atoms with Crippen LogP contribution in [-0.2, 0) is 6.54 Å². The van der Waals surface area contributed by atoms with Gasteiger partial charge in [-0.05, 0) is 29.6 Å². The average Bonchev–Trinajstić information content (AvgIpc) is 3.27. The number of halogens is 1. The van der Waals surface area contributed by atoms with Gasteiger partial charge >= 0.3 is 0 Å². The first kappa shape index (κ1) is 17.4. The molecule has 1 atom stereocenters. The van der Waals surface area contributed by atoms with Crippen molar-refractivity contribution in [2.45, 2.75) is 12.6 Å². The molecule has 2 aromatic heterocycles. The monoisotopic (exact) mass is 378 g/mol. The molecule has 1 aromatic carbocycles. The van der Waals surface area contributed by atoms with Crippen LogP contribution < -0.4 is 10.1 Å². The van der Waals surface area contributed by atoms with Gasteiger partial charge in [-0.25, -0.2) is 4.68 Å². The number of hydrogen-bond acceptors (Lipinski definition) is 6. The molecule has 2 N–H and O–H groups in total. The van der Waals surface area contributed by atoms with Crippen LogP contribution in [-0.4, -0.2) is 33.1 Å². The Hall–Kier alpha value is -2.42. The molecule has 7 nitrogen and oxygen atoms in total. The van der Waals surface area contributed by atoms with E-state index in [0.29, 0.717) is 16.5 Å². The molecule has 2 heterocycles. The molecule has 0 saturated carbocycles. The van der Waals surface area contributed by atoms with Crippen LogP contribution >= 0.6 is 22.9 Å². The largest absolute Gasteiger partial charge is 0.495 e. The van der Waals surface area contributed by atoms with Crippen molar-refractivity contribution < 1.29 is 14.6 Å². The molecule has 3 rings (SSSR count). The summed E-state index contributed by atoms with van der Waals surface area (Å²) < 4.78 is 6.50. The highest BCUT2D eigenvalue weighted by atomic mass is 35.5. The summed E-state index contributed by atoms with van der Waals surface area (Å²) in [6, 6.07) is 8.62. The van der Waals surface area contributed by atoms with Crippen LogP contribution in [0.5, 0.6) is 5.75 Å². The van der Waals surface area contributed by atoms with E-state index in [1.54, 1.807) is 18.2 Å². The lowest BCUT2D eigenvalue weighted by Gasteiger charge is -2.07. The van der Waals surface area contributed by atoms with E-state index in [4.69, 9.17) is 16.3 Å². The predicted octanol–water partition coefficient (Wildman–Crippen LogP) is 2.99. The number of carbonyl (C=O) groups is 1. The number of methoxy groups -OCH3 is 1. The number of carbonyl (C=O) groups excluding carboxylic acids is 1. The normalized spacial score (nSPS) is 12.0. The van der Waals surface area contributed by atoms with Crippen molar-refractivity contribution in [1.82, 2.24) is 15.0 Å². The predicted molar refractivity (Wildman–Crippen MR) is 95.3 cm³/mol. The molecule has 0 aliphatic carbocycles. The van der Waals surface area contributed by atoms with Gasteiger partial charge in [-0.1, -0.05) is 22.9 Å². The van der Waals surface area contributed by atoms with Crippen LogP contribution in [0.15, 0.2) is 41.9 Å². The molecule has 9 heteroatoms. The van der Waals surface area contributed by atoms with Gasteiger partial charge in [0.05, 0.1) is 24.9 Å². The van der Waals surface area contributed by atoms with Crippen molar-refractivity contribution in [3.8, 4) is 5.75 Å². The van der Waals surface area contributed by atoms with Crippen molar-refractivity contribution in [3.63, 3.8) is 0 Å². The first-order valence-corrected chi connectivity index (χ1v) is 8.59. The second kappa shape index (κ2) is 7.64. The second-order valence-corrected chi connectivity index (χ2v) is 6.55. The first-order valence-electron chi connectivity index (χ1n) is 7.33. The summed E-state index contributed by atoms with van der Waals surface area (Å²) >= 11 is 7.49. The Balaban J connectivity index is 1.65. The van der Waals surface area contributed by atoms with Gasteiger partial charge in [-0.2, -0.15) is 0 Å². The number of aromatic nitrogens is 3. The zero-order chi connectivity index (χ0) is 17.8. The molecule has 0 radical (unpaired) electrons. The standard InChI is InChI=1S/C16H15ClN4O3S/c1-24-14-5-4-10(7-11(14)17)18-16(23)12-8-21(20-19-12)9-13(22)15-3-2-6-25-15/h2-8,13,22H,9H2,1H3,(H,18,23). The molecule has 0 fully saturated rings. The maximum Gasteiger partial charge on any atom is 0.277 e. The van der Waals surface area contributed by atoms with E-state index in [1.807, 2.05) is 17.5 Å². The number of thiophene rings is 1. The van der Waals surface area contributed by atoms with Gasteiger partial charge in [0.1, 0.15) is 11.9 Å². The molecule has 1 unspecified atom stereocenters. The van der Waals surface area contributed by atoms with Crippen molar-refractivity contribution in [1.29, 1.82) is 0 Å². The number of aliphatic hydroxyl groups excluding tert-OH is 1. The summed E-state index contributed by atoms with van der Waals surface area (Å²) in [6.07, 6.45) is 0.787. The number of amides is 1. The third kappa shape index (κ3) is 4.16.